The van der Waals surface area contributed by atoms with Crippen LogP contribution < -0.4 is 5.32 Å². The van der Waals surface area contributed by atoms with E-state index in [4.69, 9.17) is 0 Å². The van der Waals surface area contributed by atoms with E-state index in [2.05, 4.69) is 20.4 Å². The van der Waals surface area contributed by atoms with Crippen molar-refractivity contribution >= 4 is 5.91 Å². The molecule has 1 N–H and O–H groups in total. The van der Waals surface area contributed by atoms with Gasteiger partial charge in [-0.15, -0.1) is 0 Å². The van der Waals surface area contributed by atoms with E-state index in [9.17, 15) is 4.79 Å². The zero-order valence-electron chi connectivity index (χ0n) is 8.79. The molecular formula is C10H11N5O. The molecule has 0 aliphatic carbocycles. The van der Waals surface area contributed by atoms with Gasteiger partial charge in [0.2, 0.25) is 5.91 Å². The maximum atomic E-state index is 10.8. The third-order valence-electron chi connectivity index (χ3n) is 2.03. The SMILES string of the molecule is CC(=O)NCc1cccnc1-n1cncn1. The molecule has 0 fully saturated rings. The smallest absolute Gasteiger partial charge is 0.217 e. The van der Waals surface area contributed by atoms with E-state index in [-0.39, 0.29) is 5.91 Å². The summed E-state index contributed by atoms with van der Waals surface area (Å²) in [5.74, 6) is 0.599. The summed E-state index contributed by atoms with van der Waals surface area (Å²) in [7, 11) is 0. The lowest BCUT2D eigenvalue weighted by molar-refractivity contribution is -0.119. The summed E-state index contributed by atoms with van der Waals surface area (Å²) in [6, 6.07) is 3.71. The number of hydrogen-bond donors (Lipinski definition) is 1. The number of aromatic nitrogens is 4. The van der Waals surface area contributed by atoms with Crippen LogP contribution in [0.4, 0.5) is 0 Å². The Labute approximate surface area is 92.3 Å². The van der Waals surface area contributed by atoms with E-state index in [1.165, 1.54) is 13.3 Å². The van der Waals surface area contributed by atoms with Crippen molar-refractivity contribution in [3.63, 3.8) is 0 Å². The molecule has 0 bridgehead atoms. The quantitative estimate of drug-likeness (QED) is 0.802. The predicted octanol–water partition coefficient (Wildman–Crippen LogP) is 0.298. The summed E-state index contributed by atoms with van der Waals surface area (Å²) in [6.45, 7) is 1.91. The Balaban J connectivity index is 2.27. The zero-order valence-corrected chi connectivity index (χ0v) is 8.79. The van der Waals surface area contributed by atoms with Crippen LogP contribution in [0.5, 0.6) is 0 Å². The first-order valence-corrected chi connectivity index (χ1v) is 4.80. The van der Waals surface area contributed by atoms with Gasteiger partial charge in [-0.25, -0.2) is 14.6 Å². The molecule has 0 spiro atoms. The minimum absolute atomic E-state index is 0.0756. The van der Waals surface area contributed by atoms with Gasteiger partial charge in [0.15, 0.2) is 5.82 Å². The number of nitrogens with one attached hydrogen (secondary N) is 1. The maximum Gasteiger partial charge on any atom is 0.217 e. The van der Waals surface area contributed by atoms with Crippen LogP contribution in [0.1, 0.15) is 12.5 Å². The molecule has 2 rings (SSSR count). The highest BCUT2D eigenvalue weighted by Crippen LogP contribution is 2.08. The van der Waals surface area contributed by atoms with Crippen molar-refractivity contribution in [3.8, 4) is 5.82 Å². The fourth-order valence-corrected chi connectivity index (χ4v) is 1.31. The summed E-state index contributed by atoms with van der Waals surface area (Å²) in [4.78, 5) is 18.9. The molecule has 0 unspecified atom stereocenters. The average molecular weight is 217 g/mol. The minimum atomic E-state index is -0.0756. The van der Waals surface area contributed by atoms with E-state index in [0.717, 1.165) is 5.56 Å². The fourth-order valence-electron chi connectivity index (χ4n) is 1.31. The maximum absolute atomic E-state index is 10.8. The molecule has 82 valence electrons. The Morgan fingerprint density at radius 2 is 2.44 bits per heavy atom. The summed E-state index contributed by atoms with van der Waals surface area (Å²) in [6.07, 6.45) is 4.69. The first-order chi connectivity index (χ1) is 7.77. The van der Waals surface area contributed by atoms with Gasteiger partial charge < -0.3 is 5.32 Å². The van der Waals surface area contributed by atoms with Crippen molar-refractivity contribution in [1.29, 1.82) is 0 Å². The highest BCUT2D eigenvalue weighted by atomic mass is 16.1. The van der Waals surface area contributed by atoms with Crippen LogP contribution in [-0.2, 0) is 11.3 Å². The molecule has 2 aromatic heterocycles. The van der Waals surface area contributed by atoms with Gasteiger partial charge in [0.05, 0.1) is 0 Å². The van der Waals surface area contributed by atoms with Gasteiger partial charge in [0.25, 0.3) is 0 Å². The molecule has 1 amide bonds. The topological polar surface area (TPSA) is 72.7 Å². The normalized spacial score (nSPS) is 10.1. The van der Waals surface area contributed by atoms with Crippen LogP contribution in [0.2, 0.25) is 0 Å². The Bertz CT molecular complexity index is 480. The summed E-state index contributed by atoms with van der Waals surface area (Å²) < 4.78 is 1.57. The van der Waals surface area contributed by atoms with Gasteiger partial charge in [-0.3, -0.25) is 4.79 Å². The van der Waals surface area contributed by atoms with E-state index in [1.54, 1.807) is 17.2 Å². The van der Waals surface area contributed by atoms with Gasteiger partial charge in [-0.1, -0.05) is 6.07 Å². The molecule has 0 saturated carbocycles. The molecule has 0 saturated heterocycles. The summed E-state index contributed by atoms with van der Waals surface area (Å²) in [5.41, 5.74) is 0.892. The highest BCUT2D eigenvalue weighted by molar-refractivity contribution is 5.72. The molecule has 0 radical (unpaired) electrons. The van der Waals surface area contributed by atoms with Crippen molar-refractivity contribution in [2.75, 3.05) is 0 Å². The number of nitrogens with zero attached hydrogens (tertiary/aromatic N) is 4. The average Bonchev–Trinajstić information content (AvgIpc) is 2.80. The first-order valence-electron chi connectivity index (χ1n) is 4.80. The molecular weight excluding hydrogens is 206 g/mol. The zero-order chi connectivity index (χ0) is 11.4. The fraction of sp³-hybridized carbons (Fsp3) is 0.200. The molecule has 2 aromatic rings. The molecule has 6 heteroatoms. The van der Waals surface area contributed by atoms with Crippen LogP contribution in [0.15, 0.2) is 31.0 Å². The molecule has 2 heterocycles. The second-order valence-electron chi connectivity index (χ2n) is 3.24. The second-order valence-corrected chi connectivity index (χ2v) is 3.24. The standard InChI is InChI=1S/C10H11N5O/c1-8(16)13-5-9-3-2-4-12-10(9)15-7-11-6-14-15/h2-4,6-7H,5H2,1H3,(H,13,16). The lowest BCUT2D eigenvalue weighted by Gasteiger charge is -2.07. The van der Waals surface area contributed by atoms with Crippen molar-refractivity contribution < 1.29 is 4.79 Å². The number of amides is 1. The predicted molar refractivity (Wildman–Crippen MR) is 56.7 cm³/mol. The van der Waals surface area contributed by atoms with Crippen LogP contribution in [0, 0.1) is 0 Å². The van der Waals surface area contributed by atoms with Crippen LogP contribution in [-0.4, -0.2) is 25.7 Å². The van der Waals surface area contributed by atoms with E-state index < -0.39 is 0 Å². The number of rotatable bonds is 3. The van der Waals surface area contributed by atoms with E-state index >= 15 is 0 Å². The van der Waals surface area contributed by atoms with Crippen molar-refractivity contribution in [3.05, 3.63) is 36.5 Å². The monoisotopic (exact) mass is 217 g/mol. The number of carbonyl (C=O) groups is 1. The van der Waals surface area contributed by atoms with Gasteiger partial charge in [-0.2, -0.15) is 5.10 Å². The van der Waals surface area contributed by atoms with Gasteiger partial charge in [0.1, 0.15) is 12.7 Å². The van der Waals surface area contributed by atoms with Crippen molar-refractivity contribution in [2.45, 2.75) is 13.5 Å². The lowest BCUT2D eigenvalue weighted by Crippen LogP contribution is -2.20. The number of hydrogen-bond acceptors (Lipinski definition) is 4. The van der Waals surface area contributed by atoms with Gasteiger partial charge >= 0.3 is 0 Å². The van der Waals surface area contributed by atoms with Crippen molar-refractivity contribution in [2.24, 2.45) is 0 Å². The molecule has 0 aliphatic heterocycles. The molecule has 16 heavy (non-hydrogen) atoms. The third kappa shape index (κ3) is 2.22. The third-order valence-corrected chi connectivity index (χ3v) is 2.03. The highest BCUT2D eigenvalue weighted by Gasteiger charge is 2.06. The largest absolute Gasteiger partial charge is 0.352 e. The Morgan fingerprint density at radius 3 is 3.12 bits per heavy atom. The molecule has 6 nitrogen and oxygen atoms in total. The second kappa shape index (κ2) is 4.52. The summed E-state index contributed by atoms with van der Waals surface area (Å²) in [5, 5.41) is 6.73. The van der Waals surface area contributed by atoms with Gasteiger partial charge in [0, 0.05) is 25.2 Å². The molecule has 0 aromatic carbocycles. The number of carbonyl (C=O) groups excluding carboxylic acids is 1. The lowest BCUT2D eigenvalue weighted by atomic mass is 10.2. The minimum Gasteiger partial charge on any atom is -0.352 e. The van der Waals surface area contributed by atoms with Crippen molar-refractivity contribution in [1.82, 2.24) is 25.1 Å². The summed E-state index contributed by atoms with van der Waals surface area (Å²) >= 11 is 0. The Morgan fingerprint density at radius 1 is 1.56 bits per heavy atom. The van der Waals surface area contributed by atoms with Gasteiger partial charge in [-0.05, 0) is 6.07 Å². The molecule has 0 aliphatic rings. The number of pyridine rings is 1. The first kappa shape index (κ1) is 10.3. The Kier molecular flexibility index (Phi) is 2.90. The van der Waals surface area contributed by atoms with Crippen LogP contribution in [0.3, 0.4) is 0 Å². The van der Waals surface area contributed by atoms with E-state index in [0.29, 0.717) is 12.4 Å². The van der Waals surface area contributed by atoms with E-state index in [1.807, 2.05) is 12.1 Å². The molecule has 0 atom stereocenters. The van der Waals surface area contributed by atoms with Crippen LogP contribution in [0.25, 0.3) is 5.82 Å². The van der Waals surface area contributed by atoms with Crippen LogP contribution >= 0.6 is 0 Å². The Hall–Kier alpha value is -2.24.